The third kappa shape index (κ3) is 2.64. The third-order valence-corrected chi connectivity index (χ3v) is 5.52. The van der Waals surface area contributed by atoms with Crippen LogP contribution >= 0.6 is 23.1 Å². The van der Waals surface area contributed by atoms with Crippen molar-refractivity contribution in [3.05, 3.63) is 57.3 Å². The van der Waals surface area contributed by atoms with Crippen LogP contribution in [0.15, 0.2) is 46.1 Å². The molecule has 1 aromatic carbocycles. The maximum atomic E-state index is 11.7. The number of hydrogen-bond acceptors (Lipinski definition) is 5. The normalized spacial score (nSPS) is 16.1. The summed E-state index contributed by atoms with van der Waals surface area (Å²) in [6.45, 7) is 2.09. The number of amides is 2. The van der Waals surface area contributed by atoms with Gasteiger partial charge in [0.2, 0.25) is 0 Å². The first-order valence-electron chi connectivity index (χ1n) is 7.28. The summed E-state index contributed by atoms with van der Waals surface area (Å²) < 4.78 is 0. The summed E-state index contributed by atoms with van der Waals surface area (Å²) in [4.78, 5) is 27.9. The van der Waals surface area contributed by atoms with Crippen LogP contribution in [0.1, 0.15) is 11.1 Å². The highest BCUT2D eigenvalue weighted by molar-refractivity contribution is 8.18. The van der Waals surface area contributed by atoms with Crippen LogP contribution in [-0.2, 0) is 4.79 Å². The summed E-state index contributed by atoms with van der Waals surface area (Å²) >= 11 is 2.60. The number of aromatic nitrogens is 1. The Hall–Kier alpha value is -2.44. The quantitative estimate of drug-likeness (QED) is 0.685. The minimum Gasteiger partial charge on any atom is -0.282 e. The predicted molar refractivity (Wildman–Crippen MR) is 98.9 cm³/mol. The van der Waals surface area contributed by atoms with E-state index in [1.807, 2.05) is 30.5 Å². The smallest absolute Gasteiger partial charge is 0.282 e. The SMILES string of the molecule is Cc1cscc1-c1ccnc2ccc(/C=C3\SC(=O)NC3=O)cc12. The summed E-state index contributed by atoms with van der Waals surface area (Å²) in [6.07, 6.45) is 3.55. The van der Waals surface area contributed by atoms with E-state index in [9.17, 15) is 9.59 Å². The van der Waals surface area contributed by atoms with E-state index in [0.717, 1.165) is 33.8 Å². The Kier molecular flexibility index (Phi) is 3.70. The fourth-order valence-corrected chi connectivity index (χ4v) is 4.23. The Bertz CT molecular complexity index is 1020. The number of nitrogens with one attached hydrogen (secondary N) is 1. The second-order valence-electron chi connectivity index (χ2n) is 5.46. The number of thioether (sulfide) groups is 1. The zero-order chi connectivity index (χ0) is 16.7. The molecule has 0 radical (unpaired) electrons. The second kappa shape index (κ2) is 5.89. The molecule has 4 rings (SSSR count). The first-order valence-corrected chi connectivity index (χ1v) is 9.04. The number of imide groups is 1. The Labute approximate surface area is 146 Å². The van der Waals surface area contributed by atoms with Crippen molar-refractivity contribution in [3.8, 4) is 11.1 Å². The van der Waals surface area contributed by atoms with Crippen LogP contribution in [0.25, 0.3) is 28.1 Å². The minimum absolute atomic E-state index is 0.330. The van der Waals surface area contributed by atoms with Crippen LogP contribution in [0.3, 0.4) is 0 Å². The molecule has 3 heterocycles. The average molecular weight is 352 g/mol. The molecule has 0 spiro atoms. The fraction of sp³-hybridized carbons (Fsp3) is 0.0556. The van der Waals surface area contributed by atoms with Crippen molar-refractivity contribution in [1.82, 2.24) is 10.3 Å². The van der Waals surface area contributed by atoms with Crippen molar-refractivity contribution in [2.45, 2.75) is 6.92 Å². The van der Waals surface area contributed by atoms with Crippen molar-refractivity contribution < 1.29 is 9.59 Å². The molecule has 1 aliphatic rings. The van der Waals surface area contributed by atoms with Crippen LogP contribution in [0.2, 0.25) is 0 Å². The number of rotatable bonds is 2. The highest BCUT2D eigenvalue weighted by Crippen LogP contribution is 2.33. The Morgan fingerprint density at radius 3 is 2.71 bits per heavy atom. The van der Waals surface area contributed by atoms with Gasteiger partial charge in [0, 0.05) is 11.6 Å². The standard InChI is InChI=1S/C18H12N2O2S2/c1-10-8-23-9-14(10)12-4-5-19-15-3-2-11(6-13(12)15)7-16-17(21)20-18(22)24-16/h2-9H,1H3,(H,20,21,22)/b16-7-. The van der Waals surface area contributed by atoms with E-state index in [-0.39, 0.29) is 11.1 Å². The number of nitrogens with zero attached hydrogens (tertiary/aromatic N) is 1. The Balaban J connectivity index is 1.86. The molecule has 1 fully saturated rings. The van der Waals surface area contributed by atoms with Crippen LogP contribution in [0.4, 0.5) is 4.79 Å². The summed E-state index contributed by atoms with van der Waals surface area (Å²) in [7, 11) is 0. The molecule has 24 heavy (non-hydrogen) atoms. The first kappa shape index (κ1) is 15.1. The molecule has 1 N–H and O–H groups in total. The molecular weight excluding hydrogens is 340 g/mol. The molecule has 1 saturated heterocycles. The van der Waals surface area contributed by atoms with E-state index >= 15 is 0 Å². The maximum Gasteiger partial charge on any atom is 0.290 e. The van der Waals surface area contributed by atoms with Gasteiger partial charge in [0.15, 0.2) is 0 Å². The summed E-state index contributed by atoms with van der Waals surface area (Å²) in [5, 5.41) is 7.23. The first-order chi connectivity index (χ1) is 11.6. The number of pyridine rings is 1. The van der Waals surface area contributed by atoms with Crippen molar-refractivity contribution >= 4 is 51.2 Å². The lowest BCUT2D eigenvalue weighted by molar-refractivity contribution is -0.115. The van der Waals surface area contributed by atoms with Gasteiger partial charge in [-0.25, -0.2) is 0 Å². The molecule has 3 aromatic rings. The number of carbonyl (C=O) groups excluding carboxylic acids is 2. The van der Waals surface area contributed by atoms with E-state index in [0.29, 0.717) is 4.91 Å². The lowest BCUT2D eigenvalue weighted by atomic mass is 9.99. The zero-order valence-corrected chi connectivity index (χ0v) is 14.3. The van der Waals surface area contributed by atoms with Crippen LogP contribution in [0.5, 0.6) is 0 Å². The fourth-order valence-electron chi connectivity index (χ4n) is 2.70. The maximum absolute atomic E-state index is 11.7. The van der Waals surface area contributed by atoms with Gasteiger partial charge in [-0.3, -0.25) is 19.9 Å². The van der Waals surface area contributed by atoms with Gasteiger partial charge in [-0.1, -0.05) is 6.07 Å². The number of thiophene rings is 1. The van der Waals surface area contributed by atoms with Gasteiger partial charge in [-0.05, 0) is 76.0 Å². The van der Waals surface area contributed by atoms with Gasteiger partial charge in [0.1, 0.15) is 0 Å². The molecule has 0 saturated carbocycles. The Morgan fingerprint density at radius 2 is 2.00 bits per heavy atom. The molecule has 4 nitrogen and oxygen atoms in total. The molecule has 0 atom stereocenters. The number of carbonyl (C=O) groups is 2. The predicted octanol–water partition coefficient (Wildman–Crippen LogP) is 4.60. The van der Waals surface area contributed by atoms with Crippen molar-refractivity contribution in [1.29, 1.82) is 0 Å². The van der Waals surface area contributed by atoms with E-state index < -0.39 is 0 Å². The molecular formula is C18H12N2O2S2. The highest BCUT2D eigenvalue weighted by atomic mass is 32.2. The molecule has 0 aliphatic carbocycles. The average Bonchev–Trinajstić information content (AvgIpc) is 3.12. The largest absolute Gasteiger partial charge is 0.290 e. The monoisotopic (exact) mass is 352 g/mol. The molecule has 0 unspecified atom stereocenters. The molecule has 118 valence electrons. The van der Waals surface area contributed by atoms with Gasteiger partial charge < -0.3 is 0 Å². The minimum atomic E-state index is -0.342. The highest BCUT2D eigenvalue weighted by Gasteiger charge is 2.24. The van der Waals surface area contributed by atoms with Gasteiger partial charge in [-0.15, -0.1) is 0 Å². The van der Waals surface area contributed by atoms with Gasteiger partial charge in [0.05, 0.1) is 10.4 Å². The number of aryl methyl sites for hydroxylation is 1. The summed E-state index contributed by atoms with van der Waals surface area (Å²) in [5.41, 5.74) is 5.32. The van der Waals surface area contributed by atoms with Crippen molar-refractivity contribution in [3.63, 3.8) is 0 Å². The molecule has 6 heteroatoms. The van der Waals surface area contributed by atoms with Crippen LogP contribution < -0.4 is 5.32 Å². The lowest BCUT2D eigenvalue weighted by Crippen LogP contribution is -2.17. The summed E-state index contributed by atoms with van der Waals surface area (Å²) in [6, 6.07) is 7.86. The summed E-state index contributed by atoms with van der Waals surface area (Å²) in [5.74, 6) is -0.342. The van der Waals surface area contributed by atoms with Gasteiger partial charge >= 0.3 is 0 Å². The van der Waals surface area contributed by atoms with E-state index in [2.05, 4.69) is 28.0 Å². The number of benzene rings is 1. The molecule has 2 aromatic heterocycles. The second-order valence-corrected chi connectivity index (χ2v) is 7.21. The van der Waals surface area contributed by atoms with Crippen molar-refractivity contribution in [2.75, 3.05) is 0 Å². The topological polar surface area (TPSA) is 59.1 Å². The van der Waals surface area contributed by atoms with E-state index in [4.69, 9.17) is 0 Å². The van der Waals surface area contributed by atoms with E-state index in [1.165, 1.54) is 11.1 Å². The molecule has 1 aliphatic heterocycles. The molecule has 0 bridgehead atoms. The van der Waals surface area contributed by atoms with Crippen LogP contribution in [-0.4, -0.2) is 16.1 Å². The molecule has 2 amide bonds. The number of fused-ring (bicyclic) bond motifs is 1. The Morgan fingerprint density at radius 1 is 1.12 bits per heavy atom. The lowest BCUT2D eigenvalue weighted by Gasteiger charge is -2.07. The van der Waals surface area contributed by atoms with E-state index in [1.54, 1.807) is 17.4 Å². The van der Waals surface area contributed by atoms with Crippen LogP contribution in [0, 0.1) is 6.92 Å². The number of hydrogen-bond donors (Lipinski definition) is 1. The zero-order valence-electron chi connectivity index (χ0n) is 12.7. The van der Waals surface area contributed by atoms with Crippen molar-refractivity contribution in [2.24, 2.45) is 0 Å². The third-order valence-electron chi connectivity index (χ3n) is 3.85. The van der Waals surface area contributed by atoms with Gasteiger partial charge in [0.25, 0.3) is 11.1 Å². The van der Waals surface area contributed by atoms with Gasteiger partial charge in [-0.2, -0.15) is 11.3 Å².